The molecule has 0 aliphatic rings. The zero-order valence-corrected chi connectivity index (χ0v) is 15.4. The van der Waals surface area contributed by atoms with Crippen LogP contribution in [0, 0.1) is 5.82 Å². The lowest BCUT2D eigenvalue weighted by atomic mass is 10.1. The summed E-state index contributed by atoms with van der Waals surface area (Å²) in [6.45, 7) is 1.76. The summed E-state index contributed by atoms with van der Waals surface area (Å²) >= 11 is 0. The molecule has 6 nitrogen and oxygen atoms in total. The van der Waals surface area contributed by atoms with Gasteiger partial charge in [-0.1, -0.05) is 6.07 Å². The first-order valence-corrected chi connectivity index (χ1v) is 8.57. The molecule has 2 aromatic carbocycles. The van der Waals surface area contributed by atoms with E-state index in [0.29, 0.717) is 16.8 Å². The van der Waals surface area contributed by atoms with E-state index in [1.807, 2.05) is 0 Å². The number of ether oxygens (including phenoxy) is 1. The molecule has 0 bridgehead atoms. The van der Waals surface area contributed by atoms with Crippen molar-refractivity contribution < 1.29 is 23.1 Å². The minimum Gasteiger partial charge on any atom is -0.494 e. The third kappa shape index (κ3) is 4.37. The molecule has 0 spiro atoms. The predicted octanol–water partition coefficient (Wildman–Crippen LogP) is 4.17. The zero-order chi connectivity index (χ0) is 20.1. The fourth-order valence-electron chi connectivity index (χ4n) is 2.62. The fraction of sp³-hybridized carbons (Fsp3) is 0.143. The average molecular weight is 382 g/mol. The highest BCUT2D eigenvalue weighted by Crippen LogP contribution is 2.22. The number of carbonyl (C=O) groups excluding carboxylic acids is 2. The number of carbonyl (C=O) groups is 2. The Kier molecular flexibility index (Phi) is 5.74. The molecule has 2 amide bonds. The summed E-state index contributed by atoms with van der Waals surface area (Å²) < 4.78 is 23.8. The number of methoxy groups -OCH3 is 1. The van der Waals surface area contributed by atoms with Gasteiger partial charge in [-0.25, -0.2) is 4.39 Å². The summed E-state index contributed by atoms with van der Waals surface area (Å²) in [6, 6.07) is 13.7. The molecule has 0 aliphatic carbocycles. The number of nitrogens with one attached hydrogen (secondary N) is 2. The molecule has 0 fully saturated rings. The van der Waals surface area contributed by atoms with Gasteiger partial charge in [0, 0.05) is 11.3 Å². The molecule has 0 aliphatic heterocycles. The predicted molar refractivity (Wildman–Crippen MR) is 102 cm³/mol. The number of hydrogen-bond donors (Lipinski definition) is 2. The lowest BCUT2D eigenvalue weighted by molar-refractivity contribution is 0.0939. The van der Waals surface area contributed by atoms with Crippen LogP contribution in [0.4, 0.5) is 10.1 Å². The van der Waals surface area contributed by atoms with Crippen LogP contribution in [0.5, 0.6) is 5.75 Å². The second-order valence-corrected chi connectivity index (χ2v) is 6.10. The second-order valence-electron chi connectivity index (χ2n) is 6.10. The van der Waals surface area contributed by atoms with Gasteiger partial charge in [0.1, 0.15) is 0 Å². The van der Waals surface area contributed by atoms with Crippen molar-refractivity contribution in [1.82, 2.24) is 5.32 Å². The van der Waals surface area contributed by atoms with Gasteiger partial charge in [-0.3, -0.25) is 9.59 Å². The van der Waals surface area contributed by atoms with E-state index in [-0.39, 0.29) is 23.3 Å². The third-order valence-electron chi connectivity index (χ3n) is 4.17. The highest BCUT2D eigenvalue weighted by molar-refractivity contribution is 6.02. The van der Waals surface area contributed by atoms with Gasteiger partial charge in [0.15, 0.2) is 17.3 Å². The smallest absolute Gasteiger partial charge is 0.291 e. The number of hydrogen-bond acceptors (Lipinski definition) is 4. The number of rotatable bonds is 6. The molecule has 3 rings (SSSR count). The minimum atomic E-state index is -0.488. The summed E-state index contributed by atoms with van der Waals surface area (Å²) in [5.41, 5.74) is 1.56. The first-order chi connectivity index (χ1) is 13.5. The van der Waals surface area contributed by atoms with Crippen LogP contribution in [-0.4, -0.2) is 18.9 Å². The molecule has 0 saturated heterocycles. The molecule has 28 heavy (non-hydrogen) atoms. The molecule has 1 heterocycles. The lowest BCUT2D eigenvalue weighted by Gasteiger charge is -2.15. The van der Waals surface area contributed by atoms with Crippen LogP contribution in [0.3, 0.4) is 0 Å². The summed E-state index contributed by atoms with van der Waals surface area (Å²) in [7, 11) is 1.39. The third-order valence-corrected chi connectivity index (χ3v) is 4.17. The van der Waals surface area contributed by atoms with Crippen molar-refractivity contribution >= 4 is 17.5 Å². The molecule has 0 saturated carbocycles. The van der Waals surface area contributed by atoms with Crippen LogP contribution in [0.2, 0.25) is 0 Å². The number of amides is 2. The molecular formula is C21H19FN2O4. The summed E-state index contributed by atoms with van der Waals surface area (Å²) in [5.74, 6) is -0.834. The fourth-order valence-corrected chi connectivity index (χ4v) is 2.62. The Labute approximate surface area is 161 Å². The Hall–Kier alpha value is -3.61. The van der Waals surface area contributed by atoms with Gasteiger partial charge in [-0.2, -0.15) is 0 Å². The van der Waals surface area contributed by atoms with Crippen LogP contribution < -0.4 is 15.4 Å². The standard InChI is InChI=1S/C21H19FN2O4/c1-13(15-7-10-18(27-2)17(22)12-15)23-20(25)14-5-8-16(9-6-14)24-21(26)19-4-3-11-28-19/h3-13H,1-2H3,(H,23,25)(H,24,26). The Balaban J connectivity index is 1.62. The largest absolute Gasteiger partial charge is 0.494 e. The quantitative estimate of drug-likeness (QED) is 0.670. The zero-order valence-electron chi connectivity index (χ0n) is 15.4. The van der Waals surface area contributed by atoms with E-state index in [1.165, 1.54) is 25.5 Å². The second kappa shape index (κ2) is 8.39. The van der Waals surface area contributed by atoms with Crippen molar-refractivity contribution in [2.24, 2.45) is 0 Å². The molecule has 7 heteroatoms. The van der Waals surface area contributed by atoms with Crippen molar-refractivity contribution in [1.29, 1.82) is 0 Å². The average Bonchev–Trinajstić information content (AvgIpc) is 3.23. The topological polar surface area (TPSA) is 80.6 Å². The molecular weight excluding hydrogens is 363 g/mol. The lowest BCUT2D eigenvalue weighted by Crippen LogP contribution is -2.26. The van der Waals surface area contributed by atoms with Crippen LogP contribution >= 0.6 is 0 Å². The molecule has 2 N–H and O–H groups in total. The Morgan fingerprint density at radius 1 is 1.07 bits per heavy atom. The Bertz CT molecular complexity index is 969. The molecule has 1 unspecified atom stereocenters. The number of benzene rings is 2. The summed E-state index contributed by atoms with van der Waals surface area (Å²) in [6.07, 6.45) is 1.41. The van der Waals surface area contributed by atoms with Crippen LogP contribution in [0.25, 0.3) is 0 Å². The van der Waals surface area contributed by atoms with Crippen molar-refractivity contribution in [3.05, 3.63) is 83.6 Å². The number of halogens is 1. The van der Waals surface area contributed by atoms with Gasteiger partial charge < -0.3 is 19.8 Å². The molecule has 1 aromatic heterocycles. The highest BCUT2D eigenvalue weighted by Gasteiger charge is 2.14. The van der Waals surface area contributed by atoms with Crippen molar-refractivity contribution in [3.63, 3.8) is 0 Å². The minimum absolute atomic E-state index is 0.148. The van der Waals surface area contributed by atoms with Gasteiger partial charge in [0.2, 0.25) is 0 Å². The highest BCUT2D eigenvalue weighted by atomic mass is 19.1. The van der Waals surface area contributed by atoms with Crippen LogP contribution in [-0.2, 0) is 0 Å². The first kappa shape index (κ1) is 19.2. The van der Waals surface area contributed by atoms with Crippen molar-refractivity contribution in [2.75, 3.05) is 12.4 Å². The normalized spacial score (nSPS) is 11.5. The summed E-state index contributed by atoms with van der Waals surface area (Å²) in [5, 5.41) is 5.49. The monoisotopic (exact) mass is 382 g/mol. The van der Waals surface area contributed by atoms with Gasteiger partial charge >= 0.3 is 0 Å². The first-order valence-electron chi connectivity index (χ1n) is 8.57. The SMILES string of the molecule is COc1ccc(C(C)NC(=O)c2ccc(NC(=O)c3ccco3)cc2)cc1F. The maximum atomic E-state index is 13.8. The van der Waals surface area contributed by atoms with Crippen molar-refractivity contribution in [3.8, 4) is 5.75 Å². The van der Waals surface area contributed by atoms with Gasteiger partial charge in [0.25, 0.3) is 11.8 Å². The molecule has 144 valence electrons. The number of anilines is 1. The molecule has 3 aromatic rings. The van der Waals surface area contributed by atoms with Gasteiger partial charge in [-0.05, 0) is 61.0 Å². The van der Waals surface area contributed by atoms with Crippen LogP contribution in [0.15, 0.2) is 65.3 Å². The van der Waals surface area contributed by atoms with E-state index in [1.54, 1.807) is 49.4 Å². The van der Waals surface area contributed by atoms with E-state index < -0.39 is 11.9 Å². The maximum Gasteiger partial charge on any atom is 0.291 e. The van der Waals surface area contributed by atoms with E-state index in [4.69, 9.17) is 9.15 Å². The Morgan fingerprint density at radius 3 is 2.43 bits per heavy atom. The van der Waals surface area contributed by atoms with Crippen molar-refractivity contribution in [2.45, 2.75) is 13.0 Å². The maximum absolute atomic E-state index is 13.8. The van der Waals surface area contributed by atoms with E-state index in [9.17, 15) is 14.0 Å². The summed E-state index contributed by atoms with van der Waals surface area (Å²) in [4.78, 5) is 24.4. The van der Waals surface area contributed by atoms with E-state index >= 15 is 0 Å². The van der Waals surface area contributed by atoms with E-state index in [2.05, 4.69) is 10.6 Å². The Morgan fingerprint density at radius 2 is 1.82 bits per heavy atom. The molecule has 1 atom stereocenters. The number of furan rings is 1. The van der Waals surface area contributed by atoms with Gasteiger partial charge in [-0.15, -0.1) is 0 Å². The van der Waals surface area contributed by atoms with E-state index in [0.717, 1.165) is 0 Å². The molecule has 0 radical (unpaired) electrons. The van der Waals surface area contributed by atoms with Gasteiger partial charge in [0.05, 0.1) is 19.4 Å². The van der Waals surface area contributed by atoms with Crippen LogP contribution in [0.1, 0.15) is 39.4 Å².